The molecule has 28 heavy (non-hydrogen) atoms. The van der Waals surface area contributed by atoms with Crippen molar-refractivity contribution < 1.29 is 40.3 Å². The third-order valence-electron chi connectivity index (χ3n) is 4.29. The van der Waals surface area contributed by atoms with Crippen LogP contribution in [0.3, 0.4) is 0 Å². The summed E-state index contributed by atoms with van der Waals surface area (Å²) in [4.78, 5) is 3.63. The van der Waals surface area contributed by atoms with Gasteiger partial charge in [-0.05, 0) is 48.5 Å². The van der Waals surface area contributed by atoms with E-state index in [0.29, 0.717) is 0 Å². The van der Waals surface area contributed by atoms with E-state index in [1.165, 1.54) is 0 Å². The van der Waals surface area contributed by atoms with Crippen LogP contribution in [0.5, 0.6) is 0 Å². The molecule has 2 aromatic rings. The monoisotopic (exact) mass is 405 g/mol. The lowest BCUT2D eigenvalue weighted by atomic mass is 10.0. The van der Waals surface area contributed by atoms with Crippen LogP contribution in [0.15, 0.2) is 53.5 Å². The van der Waals surface area contributed by atoms with Gasteiger partial charge in [0.15, 0.2) is 5.70 Å². The first-order valence-electron chi connectivity index (χ1n) is 7.82. The van der Waals surface area contributed by atoms with Gasteiger partial charge >= 0.3 is 12.8 Å². The van der Waals surface area contributed by atoms with E-state index in [2.05, 4.69) is 4.99 Å². The third-order valence-corrected chi connectivity index (χ3v) is 4.29. The normalized spacial score (nSPS) is 20.1. The van der Waals surface area contributed by atoms with Crippen molar-refractivity contribution in [1.82, 2.24) is 0 Å². The first-order valence-corrected chi connectivity index (χ1v) is 7.82. The molecule has 148 valence electrons. The van der Waals surface area contributed by atoms with Gasteiger partial charge in [-0.1, -0.05) is 4.48 Å². The second-order valence-corrected chi connectivity index (χ2v) is 5.87. The zero-order valence-corrected chi connectivity index (χ0v) is 13.9. The summed E-state index contributed by atoms with van der Waals surface area (Å²) in [5.41, 5.74) is -1.95. The smallest absolute Gasteiger partial charge is 0.384 e. The predicted octanol–water partition coefficient (Wildman–Crippen LogP) is 4.75. The average Bonchev–Trinajstić information content (AvgIpc) is 2.99. The van der Waals surface area contributed by atoms with Crippen LogP contribution in [-0.2, 0) is 0 Å². The van der Waals surface area contributed by atoms with Gasteiger partial charge in [0.25, 0.3) is 0 Å². The van der Waals surface area contributed by atoms with Crippen molar-refractivity contribution in [2.75, 3.05) is 6.61 Å². The minimum absolute atomic E-state index is 0.0726. The largest absolute Gasteiger partial charge is 0.576 e. The number of nitrogens with zero attached hydrogens (tertiary/aromatic N) is 2. The maximum atomic E-state index is 14.0. The van der Waals surface area contributed by atoms with Crippen molar-refractivity contribution in [2.24, 2.45) is 4.99 Å². The highest BCUT2D eigenvalue weighted by Crippen LogP contribution is 2.51. The van der Waals surface area contributed by atoms with E-state index in [9.17, 15) is 35.8 Å². The van der Waals surface area contributed by atoms with Gasteiger partial charge in [-0.25, -0.2) is 8.78 Å². The SMILES string of the molecule is OCC1=NC(c2ccc(F)cc2)=C(c2ccc(F)cc2)[N+]1(C(F)F)C(F)(F)F. The molecule has 0 fully saturated rings. The molecule has 1 heterocycles. The number of aliphatic imine (C=N–C) groups is 1. The molecule has 1 N–H and O–H groups in total. The minimum Gasteiger partial charge on any atom is -0.384 e. The summed E-state index contributed by atoms with van der Waals surface area (Å²) in [7, 11) is 0. The lowest BCUT2D eigenvalue weighted by Crippen LogP contribution is -2.62. The first kappa shape index (κ1) is 20.0. The Morgan fingerprint density at radius 2 is 1.32 bits per heavy atom. The molecule has 1 aliphatic heterocycles. The van der Waals surface area contributed by atoms with Gasteiger partial charge in [0.2, 0.25) is 5.84 Å². The fraction of sp³-hybridized carbons (Fsp3) is 0.167. The average molecular weight is 405 g/mol. The Morgan fingerprint density at radius 3 is 1.71 bits per heavy atom. The highest BCUT2D eigenvalue weighted by atomic mass is 19.4. The van der Waals surface area contributed by atoms with Crippen molar-refractivity contribution in [3.63, 3.8) is 0 Å². The molecule has 0 spiro atoms. The zero-order valence-electron chi connectivity index (χ0n) is 13.9. The predicted molar refractivity (Wildman–Crippen MR) is 86.5 cm³/mol. The van der Waals surface area contributed by atoms with Gasteiger partial charge in [0, 0.05) is 11.1 Å². The number of halogens is 7. The maximum Gasteiger partial charge on any atom is 0.576 e. The van der Waals surface area contributed by atoms with Gasteiger partial charge in [-0.2, -0.15) is 13.8 Å². The molecule has 0 bridgehead atoms. The van der Waals surface area contributed by atoms with Crippen LogP contribution in [0, 0.1) is 11.6 Å². The van der Waals surface area contributed by atoms with E-state index in [1.807, 2.05) is 0 Å². The Balaban J connectivity index is 2.41. The van der Waals surface area contributed by atoms with Crippen LogP contribution in [-0.4, -0.2) is 34.9 Å². The van der Waals surface area contributed by atoms with Crippen molar-refractivity contribution in [2.45, 2.75) is 12.8 Å². The van der Waals surface area contributed by atoms with E-state index in [-0.39, 0.29) is 11.1 Å². The summed E-state index contributed by atoms with van der Waals surface area (Å²) in [5, 5.41) is 9.41. The van der Waals surface area contributed by atoms with Gasteiger partial charge in [-0.3, -0.25) is 0 Å². The van der Waals surface area contributed by atoms with Gasteiger partial charge in [0.1, 0.15) is 23.9 Å². The molecule has 0 aliphatic carbocycles. The van der Waals surface area contributed by atoms with Crippen LogP contribution in [0.1, 0.15) is 11.1 Å². The van der Waals surface area contributed by atoms with E-state index in [1.54, 1.807) is 0 Å². The molecule has 0 saturated carbocycles. The van der Waals surface area contributed by atoms with Crippen LogP contribution >= 0.6 is 0 Å². The standard InChI is InChI=1S/C18H12F7N2O/c19-12-5-1-10(2-6-12)15-16(11-3-7-13(20)8-4-11)27(17(21)22,18(23,24)25)14(9-28)26-15/h1-8,17,28H,9H2/q+1. The molecule has 2 aromatic carbocycles. The lowest BCUT2D eigenvalue weighted by molar-refractivity contribution is -0.944. The Hall–Kier alpha value is -2.72. The quantitative estimate of drug-likeness (QED) is 0.444. The number of aliphatic hydroxyl groups is 1. The van der Waals surface area contributed by atoms with E-state index < -0.39 is 52.8 Å². The summed E-state index contributed by atoms with van der Waals surface area (Å²) in [6.07, 6.45) is -5.58. The number of hydrogen-bond donors (Lipinski definition) is 1. The molecule has 3 nitrogen and oxygen atoms in total. The molecule has 0 radical (unpaired) electrons. The third kappa shape index (κ3) is 2.98. The number of alkyl halides is 5. The van der Waals surface area contributed by atoms with E-state index >= 15 is 0 Å². The Kier molecular flexibility index (Phi) is 5.02. The molecule has 1 unspecified atom stereocenters. The van der Waals surface area contributed by atoms with E-state index in [0.717, 1.165) is 48.5 Å². The number of benzene rings is 2. The Morgan fingerprint density at radius 1 is 0.857 bits per heavy atom. The number of rotatable bonds is 4. The number of hydrogen-bond acceptors (Lipinski definition) is 2. The highest BCUT2D eigenvalue weighted by Gasteiger charge is 2.70. The molecular formula is C18H12F7N2O+. The Labute approximate surface area is 154 Å². The first-order chi connectivity index (χ1) is 13.1. The summed E-state index contributed by atoms with van der Waals surface area (Å²) < 4.78 is 93.5. The summed E-state index contributed by atoms with van der Waals surface area (Å²) in [6, 6.07) is 7.47. The summed E-state index contributed by atoms with van der Waals surface area (Å²) in [6.45, 7) is -5.47. The van der Waals surface area contributed by atoms with Gasteiger partial charge < -0.3 is 5.11 Å². The fourth-order valence-corrected chi connectivity index (χ4v) is 3.06. The van der Waals surface area contributed by atoms with Crippen molar-refractivity contribution >= 4 is 17.2 Å². The van der Waals surface area contributed by atoms with Gasteiger partial charge in [0.05, 0.1) is 0 Å². The number of amidine groups is 1. The lowest BCUT2D eigenvalue weighted by Gasteiger charge is -2.35. The summed E-state index contributed by atoms with van der Waals surface area (Å²) >= 11 is 0. The second-order valence-electron chi connectivity index (χ2n) is 5.87. The van der Waals surface area contributed by atoms with Crippen LogP contribution < -0.4 is 0 Å². The molecule has 1 atom stereocenters. The fourth-order valence-electron chi connectivity index (χ4n) is 3.06. The zero-order chi connectivity index (χ0) is 20.7. The van der Waals surface area contributed by atoms with Crippen LogP contribution in [0.4, 0.5) is 30.7 Å². The topological polar surface area (TPSA) is 32.6 Å². The van der Waals surface area contributed by atoms with Crippen LogP contribution in [0.2, 0.25) is 0 Å². The molecular weight excluding hydrogens is 393 g/mol. The molecule has 10 heteroatoms. The van der Waals surface area contributed by atoms with Crippen molar-refractivity contribution in [1.29, 1.82) is 0 Å². The highest BCUT2D eigenvalue weighted by molar-refractivity contribution is 6.01. The summed E-state index contributed by atoms with van der Waals surface area (Å²) in [5.74, 6) is -2.72. The van der Waals surface area contributed by atoms with E-state index in [4.69, 9.17) is 0 Å². The van der Waals surface area contributed by atoms with Gasteiger partial charge in [-0.15, -0.1) is 13.2 Å². The Bertz CT molecular complexity index is 934. The number of aliphatic hydroxyl groups excluding tert-OH is 1. The maximum absolute atomic E-state index is 14.0. The van der Waals surface area contributed by atoms with Crippen molar-refractivity contribution in [3.05, 3.63) is 71.3 Å². The van der Waals surface area contributed by atoms with Crippen LogP contribution in [0.25, 0.3) is 11.4 Å². The molecule has 0 amide bonds. The minimum atomic E-state index is -5.58. The second kappa shape index (κ2) is 7.02. The molecule has 3 rings (SSSR count). The molecule has 0 aromatic heterocycles. The molecule has 0 saturated heterocycles. The van der Waals surface area contributed by atoms with Crippen molar-refractivity contribution in [3.8, 4) is 0 Å². The molecule has 1 aliphatic rings. The number of quaternary nitrogens is 1.